The number of hydrogen-bond acceptors (Lipinski definition) is 5. The molecular weight excluding hydrogens is 571 g/mol. The summed E-state index contributed by atoms with van der Waals surface area (Å²) < 4.78 is 17.8. The summed E-state index contributed by atoms with van der Waals surface area (Å²) >= 11 is 18.9. The van der Waals surface area contributed by atoms with E-state index in [9.17, 15) is 4.79 Å². The molecule has 1 atom stereocenters. The van der Waals surface area contributed by atoms with Crippen molar-refractivity contribution in [2.75, 3.05) is 37.7 Å². The first kappa shape index (κ1) is 29.0. The third-order valence-electron chi connectivity index (χ3n) is 7.18. The fourth-order valence-electron chi connectivity index (χ4n) is 4.99. The lowest BCUT2D eigenvalue weighted by Crippen LogP contribution is -2.31. The molecular formula is C31H33Cl3N2O4. The Morgan fingerprint density at radius 2 is 1.73 bits per heavy atom. The van der Waals surface area contributed by atoms with Crippen molar-refractivity contribution >= 4 is 46.4 Å². The van der Waals surface area contributed by atoms with E-state index in [-0.39, 0.29) is 34.4 Å². The van der Waals surface area contributed by atoms with Crippen molar-refractivity contribution in [3.63, 3.8) is 0 Å². The molecule has 2 saturated heterocycles. The Kier molecular flexibility index (Phi) is 10.1. The van der Waals surface area contributed by atoms with E-state index in [2.05, 4.69) is 4.90 Å². The van der Waals surface area contributed by atoms with Gasteiger partial charge in [0.1, 0.15) is 18.1 Å². The van der Waals surface area contributed by atoms with Crippen molar-refractivity contribution in [1.29, 1.82) is 0 Å². The first-order valence-corrected chi connectivity index (χ1v) is 14.9. The molecule has 0 aromatic heterocycles. The second-order valence-corrected chi connectivity index (χ2v) is 11.2. The van der Waals surface area contributed by atoms with Gasteiger partial charge in [-0.15, -0.1) is 0 Å². The van der Waals surface area contributed by atoms with Crippen molar-refractivity contribution in [2.45, 2.75) is 44.9 Å². The predicted molar refractivity (Wildman–Crippen MR) is 160 cm³/mol. The summed E-state index contributed by atoms with van der Waals surface area (Å²) in [6.07, 6.45) is 5.24. The van der Waals surface area contributed by atoms with Gasteiger partial charge in [-0.25, -0.2) is 0 Å². The highest BCUT2D eigenvalue weighted by Gasteiger charge is 2.24. The van der Waals surface area contributed by atoms with Crippen LogP contribution >= 0.6 is 34.8 Å². The van der Waals surface area contributed by atoms with Crippen LogP contribution in [0.1, 0.15) is 48.0 Å². The number of carbonyl (C=O) groups is 1. The van der Waals surface area contributed by atoms with Crippen molar-refractivity contribution in [1.82, 2.24) is 4.90 Å². The van der Waals surface area contributed by atoms with Crippen LogP contribution in [0.3, 0.4) is 0 Å². The fraction of sp³-hybridized carbons (Fsp3) is 0.387. The standard InChI is InChI=1S/C31H33Cl3N2O4/c32-27-14-13-26(29(33)30(27)34)31(37)36(21-22-6-5-7-25(20-22)40-28-8-1-4-18-39-28)23-9-11-24(12-10-23)38-19-17-35-15-2-3-16-35/h5-7,9-14,20,28H,1-4,8,15-19,21H2. The molecule has 2 fully saturated rings. The molecule has 2 heterocycles. The highest BCUT2D eigenvalue weighted by atomic mass is 35.5. The van der Waals surface area contributed by atoms with Crippen molar-refractivity contribution in [3.8, 4) is 11.5 Å². The van der Waals surface area contributed by atoms with Gasteiger partial charge in [0.15, 0.2) is 6.29 Å². The van der Waals surface area contributed by atoms with Gasteiger partial charge in [0, 0.05) is 18.7 Å². The van der Waals surface area contributed by atoms with E-state index in [1.165, 1.54) is 12.8 Å². The van der Waals surface area contributed by atoms with Crippen LogP contribution in [0.15, 0.2) is 60.7 Å². The lowest BCUT2D eigenvalue weighted by Gasteiger charge is -2.26. The molecule has 9 heteroatoms. The van der Waals surface area contributed by atoms with Crippen LogP contribution in [0.5, 0.6) is 11.5 Å². The summed E-state index contributed by atoms with van der Waals surface area (Å²) in [6, 6.07) is 18.4. The summed E-state index contributed by atoms with van der Waals surface area (Å²) in [6.45, 7) is 4.79. The van der Waals surface area contributed by atoms with E-state index in [1.54, 1.807) is 17.0 Å². The molecule has 0 spiro atoms. The van der Waals surface area contributed by atoms with Gasteiger partial charge < -0.3 is 19.1 Å². The van der Waals surface area contributed by atoms with Gasteiger partial charge in [0.05, 0.1) is 33.8 Å². The molecule has 0 aliphatic carbocycles. The zero-order valence-corrected chi connectivity index (χ0v) is 24.6. The van der Waals surface area contributed by atoms with Crippen molar-refractivity contribution in [2.24, 2.45) is 0 Å². The minimum Gasteiger partial charge on any atom is -0.492 e. The zero-order valence-electron chi connectivity index (χ0n) is 22.3. The van der Waals surface area contributed by atoms with E-state index >= 15 is 0 Å². The number of rotatable bonds is 10. The van der Waals surface area contributed by atoms with Gasteiger partial charge in [0.2, 0.25) is 0 Å². The van der Waals surface area contributed by atoms with E-state index in [1.807, 2.05) is 48.5 Å². The van der Waals surface area contributed by atoms with Crippen molar-refractivity contribution < 1.29 is 19.0 Å². The summed E-state index contributed by atoms with van der Waals surface area (Å²) in [4.78, 5) is 18.0. The summed E-state index contributed by atoms with van der Waals surface area (Å²) in [7, 11) is 0. The Morgan fingerprint density at radius 1 is 0.925 bits per heavy atom. The topological polar surface area (TPSA) is 51.2 Å². The van der Waals surface area contributed by atoms with Gasteiger partial charge in [-0.1, -0.05) is 46.9 Å². The molecule has 0 saturated carbocycles. The lowest BCUT2D eigenvalue weighted by molar-refractivity contribution is -0.105. The molecule has 0 N–H and O–H groups in total. The van der Waals surface area contributed by atoms with Crippen LogP contribution in [0, 0.1) is 0 Å². The van der Waals surface area contributed by atoms with Crippen LogP contribution in [-0.2, 0) is 11.3 Å². The van der Waals surface area contributed by atoms with Gasteiger partial charge >= 0.3 is 0 Å². The molecule has 2 aliphatic rings. The van der Waals surface area contributed by atoms with Gasteiger partial charge in [-0.05, 0) is 92.9 Å². The molecule has 6 nitrogen and oxygen atoms in total. The van der Waals surface area contributed by atoms with E-state index < -0.39 is 0 Å². The van der Waals surface area contributed by atoms with Crippen LogP contribution in [0.2, 0.25) is 15.1 Å². The Hall–Kier alpha value is -2.48. The molecule has 2 aliphatic heterocycles. The average Bonchev–Trinajstić information content (AvgIpc) is 3.49. The number of benzene rings is 3. The number of ether oxygens (including phenoxy) is 3. The number of carbonyl (C=O) groups excluding carboxylic acids is 1. The second-order valence-electron chi connectivity index (χ2n) is 10.1. The third kappa shape index (κ3) is 7.42. The number of anilines is 1. The molecule has 5 rings (SSSR count). The summed E-state index contributed by atoms with van der Waals surface area (Å²) in [5, 5.41) is 0.566. The first-order valence-electron chi connectivity index (χ1n) is 13.8. The largest absolute Gasteiger partial charge is 0.492 e. The molecule has 0 bridgehead atoms. The lowest BCUT2D eigenvalue weighted by atomic mass is 10.1. The molecule has 3 aromatic carbocycles. The molecule has 1 unspecified atom stereocenters. The van der Waals surface area contributed by atoms with Crippen LogP contribution < -0.4 is 14.4 Å². The summed E-state index contributed by atoms with van der Waals surface area (Å²) in [5.74, 6) is 1.16. The zero-order chi connectivity index (χ0) is 27.9. The van der Waals surface area contributed by atoms with Gasteiger partial charge in [0.25, 0.3) is 5.91 Å². The van der Waals surface area contributed by atoms with Gasteiger partial charge in [-0.2, -0.15) is 0 Å². The Morgan fingerprint density at radius 3 is 2.48 bits per heavy atom. The number of nitrogens with zero attached hydrogens (tertiary/aromatic N) is 2. The van der Waals surface area contributed by atoms with Crippen LogP contribution in [0.4, 0.5) is 5.69 Å². The first-order chi connectivity index (χ1) is 19.5. The predicted octanol–water partition coefficient (Wildman–Crippen LogP) is 7.87. The maximum Gasteiger partial charge on any atom is 0.260 e. The fourth-order valence-corrected chi connectivity index (χ4v) is 5.61. The average molecular weight is 604 g/mol. The Labute approximate surface area is 250 Å². The maximum atomic E-state index is 13.9. The smallest absolute Gasteiger partial charge is 0.260 e. The third-order valence-corrected chi connectivity index (χ3v) is 8.47. The normalized spacial score (nSPS) is 17.5. The number of halogens is 3. The van der Waals surface area contributed by atoms with E-state index in [4.69, 9.17) is 49.0 Å². The van der Waals surface area contributed by atoms with Crippen LogP contribution in [-0.4, -0.2) is 49.9 Å². The quantitative estimate of drug-likeness (QED) is 0.221. The Bertz CT molecular complexity index is 1290. The maximum absolute atomic E-state index is 13.9. The highest BCUT2D eigenvalue weighted by molar-refractivity contribution is 6.49. The summed E-state index contributed by atoms with van der Waals surface area (Å²) in [5.41, 5.74) is 1.86. The van der Waals surface area contributed by atoms with E-state index in [0.29, 0.717) is 29.7 Å². The second kappa shape index (κ2) is 13.9. The Balaban J connectivity index is 1.35. The molecule has 1 amide bonds. The monoisotopic (exact) mass is 602 g/mol. The van der Waals surface area contributed by atoms with Crippen molar-refractivity contribution in [3.05, 3.63) is 86.9 Å². The SMILES string of the molecule is O=C(c1ccc(Cl)c(Cl)c1Cl)N(Cc1cccc(OC2CCCCO2)c1)c1ccc(OCCN2CCCC2)cc1. The minimum atomic E-state index is -0.298. The molecule has 0 radical (unpaired) electrons. The number of likely N-dealkylation sites (tertiary alicyclic amines) is 1. The molecule has 40 heavy (non-hydrogen) atoms. The molecule has 212 valence electrons. The van der Waals surface area contributed by atoms with E-state index in [0.717, 1.165) is 50.2 Å². The van der Waals surface area contributed by atoms with Crippen LogP contribution in [0.25, 0.3) is 0 Å². The minimum absolute atomic E-state index is 0.123. The molecule has 3 aromatic rings. The van der Waals surface area contributed by atoms with Gasteiger partial charge in [-0.3, -0.25) is 9.69 Å². The highest BCUT2D eigenvalue weighted by Crippen LogP contribution is 2.35. The number of hydrogen-bond donors (Lipinski definition) is 0. The number of amides is 1.